The Balaban J connectivity index is 1.88. The zero-order valence-corrected chi connectivity index (χ0v) is 18.7. The van der Waals surface area contributed by atoms with Gasteiger partial charge in [0.2, 0.25) is 0 Å². The Morgan fingerprint density at radius 3 is 2.72 bits per heavy atom. The monoisotopic (exact) mass is 453 g/mol. The Morgan fingerprint density at radius 1 is 1.19 bits per heavy atom. The van der Waals surface area contributed by atoms with Gasteiger partial charge in [-0.15, -0.1) is 0 Å². The third-order valence-corrected chi connectivity index (χ3v) is 5.91. The van der Waals surface area contributed by atoms with E-state index in [0.29, 0.717) is 30.5 Å². The quantitative estimate of drug-likeness (QED) is 0.505. The molecule has 1 N–H and O–H groups in total. The lowest BCUT2D eigenvalue weighted by Gasteiger charge is -2.29. The summed E-state index contributed by atoms with van der Waals surface area (Å²) < 4.78 is 13.1. The number of hydrogen-bond donors (Lipinski definition) is 1. The number of carboxylic acids is 1. The van der Waals surface area contributed by atoms with Crippen molar-refractivity contribution in [3.8, 4) is 28.1 Å². The van der Waals surface area contributed by atoms with Crippen molar-refractivity contribution >= 4 is 17.6 Å². The molecule has 166 valence electrons. The molecule has 1 atom stereocenters. The number of halogens is 1. The molecule has 0 bridgehead atoms. The number of rotatable bonds is 7. The van der Waals surface area contributed by atoms with E-state index in [1.54, 1.807) is 7.11 Å². The predicted octanol–water partition coefficient (Wildman–Crippen LogP) is 5.07. The minimum atomic E-state index is -1.22. The van der Waals surface area contributed by atoms with Crippen LogP contribution in [0.2, 0.25) is 5.02 Å². The van der Waals surface area contributed by atoms with Gasteiger partial charge in [-0.3, -0.25) is 4.79 Å². The zero-order valence-electron chi connectivity index (χ0n) is 17.9. The van der Waals surface area contributed by atoms with Gasteiger partial charge in [0.15, 0.2) is 5.43 Å². The number of hydrogen-bond acceptors (Lipinski definition) is 4. The minimum absolute atomic E-state index is 0.108. The average Bonchev–Trinajstić information content (AvgIpc) is 2.76. The number of aromatic nitrogens is 1. The third kappa shape index (κ3) is 4.29. The first-order valence-corrected chi connectivity index (χ1v) is 10.8. The smallest absolute Gasteiger partial charge is 0.341 e. The maximum Gasteiger partial charge on any atom is 0.341 e. The average molecular weight is 454 g/mol. The standard InChI is InChI=1S/C25H24ClNO5/c1-15-13-27-14-21(25(29)30)23(28)12-22(27)20-10-19(16-5-3-6-17(26)9-16)24(11-18(15)20)32-8-4-7-31-2/h3,5-6,9-12,14-15H,4,7-8,13H2,1-2H3,(H,29,30). The van der Waals surface area contributed by atoms with Gasteiger partial charge in [0.05, 0.1) is 12.3 Å². The van der Waals surface area contributed by atoms with Crippen LogP contribution in [0, 0.1) is 0 Å². The molecule has 1 unspecified atom stereocenters. The molecule has 0 spiro atoms. The maximum absolute atomic E-state index is 12.4. The molecule has 0 amide bonds. The van der Waals surface area contributed by atoms with E-state index < -0.39 is 11.4 Å². The van der Waals surface area contributed by atoms with Crippen molar-refractivity contribution in [1.82, 2.24) is 4.57 Å². The highest BCUT2D eigenvalue weighted by Gasteiger charge is 2.26. The first-order chi connectivity index (χ1) is 15.4. The number of methoxy groups -OCH3 is 1. The number of carbonyl (C=O) groups is 1. The maximum atomic E-state index is 12.4. The topological polar surface area (TPSA) is 77.8 Å². The van der Waals surface area contributed by atoms with Crippen molar-refractivity contribution < 1.29 is 19.4 Å². The van der Waals surface area contributed by atoms with Crippen LogP contribution >= 0.6 is 11.6 Å². The highest BCUT2D eigenvalue weighted by atomic mass is 35.5. The van der Waals surface area contributed by atoms with Crippen molar-refractivity contribution in [2.75, 3.05) is 20.3 Å². The second-order valence-corrected chi connectivity index (χ2v) is 8.37. The zero-order chi connectivity index (χ0) is 22.8. The van der Waals surface area contributed by atoms with Crippen LogP contribution in [-0.4, -0.2) is 36.0 Å². The number of aromatic carboxylic acids is 1. The highest BCUT2D eigenvalue weighted by molar-refractivity contribution is 6.30. The Morgan fingerprint density at radius 2 is 2.00 bits per heavy atom. The molecule has 2 heterocycles. The Hall–Kier alpha value is -3.09. The molecule has 32 heavy (non-hydrogen) atoms. The van der Waals surface area contributed by atoms with Crippen LogP contribution in [0.5, 0.6) is 5.75 Å². The highest BCUT2D eigenvalue weighted by Crippen LogP contribution is 2.43. The normalized spacial score (nSPS) is 14.5. The van der Waals surface area contributed by atoms with E-state index in [4.69, 9.17) is 21.1 Å². The van der Waals surface area contributed by atoms with Crippen molar-refractivity contribution in [2.24, 2.45) is 0 Å². The number of ether oxygens (including phenoxy) is 2. The first kappa shape index (κ1) is 22.1. The van der Waals surface area contributed by atoms with Gasteiger partial charge in [0.25, 0.3) is 0 Å². The van der Waals surface area contributed by atoms with Gasteiger partial charge in [-0.1, -0.05) is 30.7 Å². The lowest BCUT2D eigenvalue weighted by molar-refractivity contribution is 0.0694. The third-order valence-electron chi connectivity index (χ3n) is 5.67. The van der Waals surface area contributed by atoms with Crippen LogP contribution in [0.4, 0.5) is 0 Å². The molecule has 0 aliphatic carbocycles. The summed E-state index contributed by atoms with van der Waals surface area (Å²) in [4.78, 5) is 23.9. The number of nitrogens with zero attached hydrogens (tertiary/aromatic N) is 1. The number of pyridine rings is 1. The lowest BCUT2D eigenvalue weighted by atomic mass is 9.86. The molecule has 0 radical (unpaired) electrons. The van der Waals surface area contributed by atoms with E-state index in [0.717, 1.165) is 34.4 Å². The van der Waals surface area contributed by atoms with Crippen LogP contribution in [0.15, 0.2) is 53.5 Å². The Labute approximate surface area is 191 Å². The molecule has 1 aromatic heterocycles. The Bertz CT molecular complexity index is 1230. The molecule has 2 aromatic carbocycles. The molecule has 1 aliphatic heterocycles. The number of benzene rings is 2. The molecule has 0 fully saturated rings. The molecular weight excluding hydrogens is 430 g/mol. The minimum Gasteiger partial charge on any atom is -0.493 e. The second-order valence-electron chi connectivity index (χ2n) is 7.94. The van der Waals surface area contributed by atoms with Crippen LogP contribution < -0.4 is 10.2 Å². The van der Waals surface area contributed by atoms with Crippen LogP contribution in [0.25, 0.3) is 22.4 Å². The van der Waals surface area contributed by atoms with Gasteiger partial charge in [-0.2, -0.15) is 0 Å². The van der Waals surface area contributed by atoms with Crippen LogP contribution in [0.1, 0.15) is 35.2 Å². The van der Waals surface area contributed by atoms with E-state index in [2.05, 4.69) is 6.92 Å². The number of fused-ring (bicyclic) bond motifs is 3. The van der Waals surface area contributed by atoms with Gasteiger partial charge >= 0.3 is 5.97 Å². The molecule has 3 aromatic rings. The number of carboxylic acid groups (broad SMARTS) is 1. The summed E-state index contributed by atoms with van der Waals surface area (Å²) >= 11 is 6.25. The largest absolute Gasteiger partial charge is 0.493 e. The molecular formula is C25H24ClNO5. The van der Waals surface area contributed by atoms with E-state index in [1.165, 1.54) is 12.3 Å². The predicted molar refractivity (Wildman–Crippen MR) is 124 cm³/mol. The van der Waals surface area contributed by atoms with Crippen molar-refractivity contribution in [3.63, 3.8) is 0 Å². The molecule has 7 heteroatoms. The van der Waals surface area contributed by atoms with Crippen molar-refractivity contribution in [3.05, 3.63) is 75.0 Å². The molecule has 0 saturated heterocycles. The van der Waals surface area contributed by atoms with Crippen LogP contribution in [-0.2, 0) is 11.3 Å². The molecule has 6 nitrogen and oxygen atoms in total. The van der Waals surface area contributed by atoms with Gasteiger partial charge in [-0.05, 0) is 41.3 Å². The summed E-state index contributed by atoms with van der Waals surface area (Å²) in [5.41, 5.74) is 3.67. The van der Waals surface area contributed by atoms with E-state index >= 15 is 0 Å². The Kier molecular flexibility index (Phi) is 6.35. The van der Waals surface area contributed by atoms with Gasteiger partial charge in [0, 0.05) is 55.1 Å². The van der Waals surface area contributed by atoms with Gasteiger partial charge < -0.3 is 19.1 Å². The van der Waals surface area contributed by atoms with Crippen LogP contribution in [0.3, 0.4) is 0 Å². The fourth-order valence-corrected chi connectivity index (χ4v) is 4.31. The molecule has 1 aliphatic rings. The second kappa shape index (κ2) is 9.18. The van der Waals surface area contributed by atoms with Crippen molar-refractivity contribution in [1.29, 1.82) is 0 Å². The van der Waals surface area contributed by atoms with E-state index in [1.807, 2.05) is 41.0 Å². The lowest BCUT2D eigenvalue weighted by Crippen LogP contribution is -2.23. The van der Waals surface area contributed by atoms with E-state index in [-0.39, 0.29) is 11.5 Å². The molecule has 4 rings (SSSR count). The summed E-state index contributed by atoms with van der Waals surface area (Å²) in [6.07, 6.45) is 2.20. The summed E-state index contributed by atoms with van der Waals surface area (Å²) in [7, 11) is 1.66. The van der Waals surface area contributed by atoms with E-state index in [9.17, 15) is 14.7 Å². The summed E-state index contributed by atoms with van der Waals surface area (Å²) in [6.45, 7) is 3.76. The summed E-state index contributed by atoms with van der Waals surface area (Å²) in [6, 6.07) is 13.0. The van der Waals surface area contributed by atoms with Gasteiger partial charge in [-0.25, -0.2) is 4.79 Å². The molecule has 0 saturated carbocycles. The SMILES string of the molecule is COCCCOc1cc2c(cc1-c1cccc(Cl)c1)-c1cc(=O)c(C(=O)O)cn1CC2C. The van der Waals surface area contributed by atoms with Crippen molar-refractivity contribution in [2.45, 2.75) is 25.8 Å². The van der Waals surface area contributed by atoms with Gasteiger partial charge in [0.1, 0.15) is 11.3 Å². The summed E-state index contributed by atoms with van der Waals surface area (Å²) in [5.74, 6) is -0.369. The fraction of sp³-hybridized carbons (Fsp3) is 0.280. The fourth-order valence-electron chi connectivity index (χ4n) is 4.12. The first-order valence-electron chi connectivity index (χ1n) is 10.4. The summed E-state index contributed by atoms with van der Waals surface area (Å²) in [5, 5.41) is 9.97.